The Morgan fingerprint density at radius 3 is 2.38 bits per heavy atom. The van der Waals surface area contributed by atoms with Crippen LogP contribution in [0.2, 0.25) is 0 Å². The molecule has 10 heteroatoms. The summed E-state index contributed by atoms with van der Waals surface area (Å²) in [5.74, 6) is -0.502. The highest BCUT2D eigenvalue weighted by Gasteiger charge is 2.17. The van der Waals surface area contributed by atoms with E-state index in [1.54, 1.807) is 39.5 Å². The van der Waals surface area contributed by atoms with Gasteiger partial charge in [-0.1, -0.05) is 22.9 Å². The molecule has 2 N–H and O–H groups in total. The first-order valence-corrected chi connectivity index (χ1v) is 11.7. The zero-order valence-electron chi connectivity index (χ0n) is 19.0. The summed E-state index contributed by atoms with van der Waals surface area (Å²) >= 11 is 3.41. The Bertz CT molecular complexity index is 1610. The number of aryl methyl sites for hydroxylation is 3. The lowest BCUT2D eigenvalue weighted by atomic mass is 10.1. The number of hydrogen-bond donors (Lipinski definition) is 2. The van der Waals surface area contributed by atoms with Crippen molar-refractivity contribution in [1.82, 2.24) is 18.7 Å². The monoisotopic (exact) mass is 525 g/mol. The summed E-state index contributed by atoms with van der Waals surface area (Å²) in [4.78, 5) is 44.3. The van der Waals surface area contributed by atoms with E-state index in [1.807, 2.05) is 26.8 Å². The molecule has 0 atom stereocenters. The van der Waals surface area contributed by atoms with Crippen LogP contribution in [0, 0.1) is 0 Å². The minimum atomic E-state index is -0.749. The quantitative estimate of drug-likeness (QED) is 0.375. The molecule has 4 aromatic rings. The lowest BCUT2D eigenvalue weighted by Gasteiger charge is -2.13. The van der Waals surface area contributed by atoms with E-state index < -0.39 is 17.1 Å². The zero-order chi connectivity index (χ0) is 24.6. The summed E-state index contributed by atoms with van der Waals surface area (Å²) in [6.45, 7) is 6.79. The van der Waals surface area contributed by atoms with Crippen LogP contribution in [0.1, 0.15) is 31.9 Å². The SMILES string of the molecule is CCc1cc(Br)ccc1-n1c(O)c(C=Nc2ccc3c(c2)n(CC)c(=O)n3CC)c(=O)[nH]c1=O. The minimum absolute atomic E-state index is 0.0940. The Balaban J connectivity index is 1.84. The van der Waals surface area contributed by atoms with Crippen LogP contribution in [-0.4, -0.2) is 30.0 Å². The fourth-order valence-corrected chi connectivity index (χ4v) is 4.48. The summed E-state index contributed by atoms with van der Waals surface area (Å²) in [6, 6.07) is 10.6. The predicted octanol–water partition coefficient (Wildman–Crippen LogP) is 3.46. The molecule has 0 aliphatic heterocycles. The number of halogens is 1. The average molecular weight is 526 g/mol. The van der Waals surface area contributed by atoms with Crippen LogP contribution in [-0.2, 0) is 19.5 Å². The molecule has 0 bridgehead atoms. The Morgan fingerprint density at radius 1 is 1.00 bits per heavy atom. The summed E-state index contributed by atoms with van der Waals surface area (Å²) in [6.07, 6.45) is 1.83. The third kappa shape index (κ3) is 3.94. The summed E-state index contributed by atoms with van der Waals surface area (Å²) in [7, 11) is 0. The van der Waals surface area contributed by atoms with Gasteiger partial charge in [-0.05, 0) is 62.2 Å². The molecule has 2 aromatic carbocycles. The number of hydrogen-bond acceptors (Lipinski definition) is 5. The topological polar surface area (TPSA) is 114 Å². The lowest BCUT2D eigenvalue weighted by molar-refractivity contribution is 0.429. The van der Waals surface area contributed by atoms with Gasteiger partial charge < -0.3 is 5.11 Å². The minimum Gasteiger partial charge on any atom is -0.493 e. The van der Waals surface area contributed by atoms with E-state index in [0.717, 1.165) is 25.6 Å². The second kappa shape index (κ2) is 9.30. The number of aromatic amines is 1. The van der Waals surface area contributed by atoms with Crippen LogP contribution in [0.15, 0.2) is 60.2 Å². The van der Waals surface area contributed by atoms with Gasteiger partial charge in [-0.25, -0.2) is 14.2 Å². The smallest absolute Gasteiger partial charge is 0.335 e. The number of aromatic hydroxyl groups is 1. The second-order valence-electron chi connectivity index (χ2n) is 7.66. The van der Waals surface area contributed by atoms with E-state index >= 15 is 0 Å². The molecule has 0 radical (unpaired) electrons. The largest absolute Gasteiger partial charge is 0.493 e. The summed E-state index contributed by atoms with van der Waals surface area (Å²) < 4.78 is 5.24. The van der Waals surface area contributed by atoms with Gasteiger partial charge in [-0.15, -0.1) is 0 Å². The molecule has 0 aliphatic rings. The molecule has 0 saturated carbocycles. The molecule has 4 rings (SSSR count). The summed E-state index contributed by atoms with van der Waals surface area (Å²) in [5.41, 5.74) is 1.56. The van der Waals surface area contributed by atoms with Crippen molar-refractivity contribution < 1.29 is 5.11 Å². The number of aromatic nitrogens is 4. The number of imidazole rings is 1. The molecule has 0 unspecified atom stereocenters. The molecule has 34 heavy (non-hydrogen) atoms. The van der Waals surface area contributed by atoms with Gasteiger partial charge in [0, 0.05) is 23.8 Å². The van der Waals surface area contributed by atoms with Gasteiger partial charge in [-0.3, -0.25) is 23.9 Å². The van der Waals surface area contributed by atoms with Crippen molar-refractivity contribution in [2.24, 2.45) is 4.99 Å². The fourth-order valence-electron chi connectivity index (χ4n) is 4.07. The van der Waals surface area contributed by atoms with Crippen molar-refractivity contribution in [3.8, 4) is 11.6 Å². The normalized spacial score (nSPS) is 11.6. The first-order valence-electron chi connectivity index (χ1n) is 10.9. The maximum atomic E-state index is 12.6. The van der Waals surface area contributed by atoms with Gasteiger partial charge >= 0.3 is 11.4 Å². The van der Waals surface area contributed by atoms with Crippen molar-refractivity contribution in [2.75, 3.05) is 0 Å². The predicted molar refractivity (Wildman–Crippen MR) is 136 cm³/mol. The average Bonchev–Trinajstić information content (AvgIpc) is 3.08. The molecule has 2 aromatic heterocycles. The molecular formula is C24H24BrN5O4. The number of benzene rings is 2. The van der Waals surface area contributed by atoms with Crippen LogP contribution in [0.25, 0.3) is 16.7 Å². The fraction of sp³-hybridized carbons (Fsp3) is 0.250. The Hall–Kier alpha value is -3.66. The highest BCUT2D eigenvalue weighted by atomic mass is 79.9. The number of H-pyrrole nitrogens is 1. The van der Waals surface area contributed by atoms with Gasteiger partial charge in [-0.2, -0.15) is 0 Å². The van der Waals surface area contributed by atoms with E-state index in [0.29, 0.717) is 30.9 Å². The maximum absolute atomic E-state index is 12.6. The molecule has 2 heterocycles. The number of nitrogens with one attached hydrogen (secondary N) is 1. The molecule has 0 spiro atoms. The van der Waals surface area contributed by atoms with Gasteiger partial charge in [0.05, 0.1) is 22.4 Å². The third-order valence-corrected chi connectivity index (χ3v) is 6.26. The Labute approximate surface area is 202 Å². The van der Waals surface area contributed by atoms with Crippen molar-refractivity contribution in [3.05, 3.63) is 83.3 Å². The van der Waals surface area contributed by atoms with Crippen molar-refractivity contribution in [3.63, 3.8) is 0 Å². The highest BCUT2D eigenvalue weighted by molar-refractivity contribution is 9.10. The van der Waals surface area contributed by atoms with E-state index in [9.17, 15) is 19.5 Å². The van der Waals surface area contributed by atoms with Gasteiger partial charge in [0.15, 0.2) is 0 Å². The van der Waals surface area contributed by atoms with Crippen LogP contribution < -0.4 is 16.9 Å². The molecule has 0 amide bonds. The number of nitrogens with zero attached hydrogens (tertiary/aromatic N) is 4. The molecule has 0 aliphatic carbocycles. The first kappa shape index (κ1) is 23.5. The van der Waals surface area contributed by atoms with Crippen LogP contribution in [0.4, 0.5) is 5.69 Å². The van der Waals surface area contributed by atoms with Gasteiger partial charge in [0.2, 0.25) is 5.88 Å². The molecule has 176 valence electrons. The third-order valence-electron chi connectivity index (χ3n) is 5.76. The number of rotatable bonds is 6. The lowest BCUT2D eigenvalue weighted by Crippen LogP contribution is -2.31. The van der Waals surface area contributed by atoms with Gasteiger partial charge in [0.25, 0.3) is 5.56 Å². The number of aliphatic imine (C=N–C) groups is 1. The molecule has 0 saturated heterocycles. The van der Waals surface area contributed by atoms with Crippen LogP contribution >= 0.6 is 15.9 Å². The van der Waals surface area contributed by atoms with Crippen LogP contribution in [0.5, 0.6) is 5.88 Å². The molecule has 9 nitrogen and oxygen atoms in total. The first-order chi connectivity index (χ1) is 16.3. The van der Waals surface area contributed by atoms with E-state index in [1.165, 1.54) is 6.21 Å². The highest BCUT2D eigenvalue weighted by Crippen LogP contribution is 2.24. The molecule has 0 fully saturated rings. The van der Waals surface area contributed by atoms with Gasteiger partial charge in [0.1, 0.15) is 5.56 Å². The second-order valence-corrected chi connectivity index (χ2v) is 8.58. The van der Waals surface area contributed by atoms with E-state index in [-0.39, 0.29) is 11.3 Å². The van der Waals surface area contributed by atoms with Crippen molar-refractivity contribution in [2.45, 2.75) is 40.3 Å². The molecular weight excluding hydrogens is 502 g/mol. The standard InChI is InChI=1S/C24H24BrN5O4/c1-4-14-11-15(25)7-9-18(14)30-22(32)17(21(31)27-23(30)33)13-26-16-8-10-19-20(12-16)29(6-3)24(34)28(19)5-2/h7-13,32H,4-6H2,1-3H3,(H,27,31,33). The summed E-state index contributed by atoms with van der Waals surface area (Å²) in [5, 5.41) is 10.9. The maximum Gasteiger partial charge on any atom is 0.335 e. The Kier molecular flexibility index (Phi) is 6.43. The zero-order valence-corrected chi connectivity index (χ0v) is 20.6. The number of fused-ring (bicyclic) bond motifs is 1. The Morgan fingerprint density at radius 2 is 1.71 bits per heavy atom. The van der Waals surface area contributed by atoms with Crippen molar-refractivity contribution >= 4 is 38.9 Å². The van der Waals surface area contributed by atoms with Crippen LogP contribution in [0.3, 0.4) is 0 Å². The van der Waals surface area contributed by atoms with Crippen molar-refractivity contribution in [1.29, 1.82) is 0 Å². The van der Waals surface area contributed by atoms with E-state index in [4.69, 9.17) is 0 Å². The van der Waals surface area contributed by atoms with E-state index in [2.05, 4.69) is 25.9 Å².